The maximum absolute atomic E-state index is 11.4. The lowest BCUT2D eigenvalue weighted by Crippen LogP contribution is -2.35. The zero-order valence-electron chi connectivity index (χ0n) is 8.58. The van der Waals surface area contributed by atoms with E-state index in [-0.39, 0.29) is 12.3 Å². The van der Waals surface area contributed by atoms with E-state index in [2.05, 4.69) is 32.2 Å². The molecule has 5 N–H and O–H groups in total. The highest BCUT2D eigenvalue weighted by molar-refractivity contribution is 6.10. The van der Waals surface area contributed by atoms with Crippen molar-refractivity contribution < 1.29 is 4.79 Å². The van der Waals surface area contributed by atoms with Crippen LogP contribution in [0.4, 0.5) is 5.82 Å². The molecule has 7 heteroatoms. The molecule has 1 aliphatic heterocycles. The fourth-order valence-electron chi connectivity index (χ4n) is 1.34. The molecule has 0 saturated carbocycles. The van der Waals surface area contributed by atoms with E-state index in [4.69, 9.17) is 5.73 Å². The van der Waals surface area contributed by atoms with Gasteiger partial charge in [-0.05, 0) is 0 Å². The van der Waals surface area contributed by atoms with Crippen molar-refractivity contribution in [2.75, 3.05) is 11.9 Å². The lowest BCUT2D eigenvalue weighted by molar-refractivity contribution is -0.119. The van der Waals surface area contributed by atoms with E-state index in [1.165, 1.54) is 6.33 Å². The highest BCUT2D eigenvalue weighted by Gasteiger charge is 2.19. The Morgan fingerprint density at radius 1 is 1.62 bits per heavy atom. The molecule has 0 radical (unpaired) electrons. The molecular weight excluding hydrogens is 208 g/mol. The van der Waals surface area contributed by atoms with Crippen LogP contribution in [0.25, 0.3) is 0 Å². The summed E-state index contributed by atoms with van der Waals surface area (Å²) in [6.45, 7) is 3.97. The number of aromatic nitrogens is 2. The second-order valence-electron chi connectivity index (χ2n) is 3.25. The predicted molar refractivity (Wildman–Crippen MR) is 59.7 cm³/mol. The molecule has 2 heterocycles. The molecule has 0 atom stereocenters. The Bertz CT molecular complexity index is 460. The van der Waals surface area contributed by atoms with Crippen LogP contribution < -0.4 is 16.4 Å². The average molecular weight is 220 g/mol. The van der Waals surface area contributed by atoms with E-state index in [0.29, 0.717) is 29.7 Å². The Morgan fingerprint density at radius 3 is 3.19 bits per heavy atom. The third kappa shape index (κ3) is 1.94. The number of aromatic amines is 1. The van der Waals surface area contributed by atoms with Gasteiger partial charge in [0.2, 0.25) is 5.91 Å². The molecule has 0 spiro atoms. The lowest BCUT2D eigenvalue weighted by Gasteiger charge is -2.15. The van der Waals surface area contributed by atoms with Crippen molar-refractivity contribution >= 4 is 17.6 Å². The molecule has 0 saturated heterocycles. The van der Waals surface area contributed by atoms with Gasteiger partial charge in [0, 0.05) is 13.0 Å². The van der Waals surface area contributed by atoms with Gasteiger partial charge in [-0.3, -0.25) is 4.79 Å². The summed E-state index contributed by atoms with van der Waals surface area (Å²) in [7, 11) is 0. The van der Waals surface area contributed by atoms with E-state index < -0.39 is 0 Å². The van der Waals surface area contributed by atoms with E-state index in [1.54, 1.807) is 0 Å². The number of aliphatic imine (C=N–C) groups is 1. The first-order valence-corrected chi connectivity index (χ1v) is 4.79. The summed E-state index contributed by atoms with van der Waals surface area (Å²) in [6, 6.07) is 0. The zero-order valence-corrected chi connectivity index (χ0v) is 8.58. The normalized spacial score (nSPS) is 13.8. The van der Waals surface area contributed by atoms with Crippen LogP contribution in [0.15, 0.2) is 23.7 Å². The van der Waals surface area contributed by atoms with Crippen molar-refractivity contribution in [1.29, 1.82) is 0 Å². The first-order chi connectivity index (χ1) is 7.70. The van der Waals surface area contributed by atoms with Gasteiger partial charge < -0.3 is 21.4 Å². The van der Waals surface area contributed by atoms with Crippen LogP contribution in [-0.2, 0) is 4.79 Å². The highest BCUT2D eigenvalue weighted by Crippen LogP contribution is 2.17. The van der Waals surface area contributed by atoms with Gasteiger partial charge in [0.1, 0.15) is 11.5 Å². The van der Waals surface area contributed by atoms with Gasteiger partial charge in [-0.1, -0.05) is 6.58 Å². The van der Waals surface area contributed by atoms with Crippen LogP contribution in [0.1, 0.15) is 12.1 Å². The first kappa shape index (κ1) is 10.4. The Kier molecular flexibility index (Phi) is 2.69. The molecule has 84 valence electrons. The number of H-pyrrole nitrogens is 1. The summed E-state index contributed by atoms with van der Waals surface area (Å²) in [5.41, 5.74) is 5.92. The van der Waals surface area contributed by atoms with Gasteiger partial charge in [-0.25, -0.2) is 9.98 Å². The highest BCUT2D eigenvalue weighted by atomic mass is 16.1. The first-order valence-electron chi connectivity index (χ1n) is 4.79. The van der Waals surface area contributed by atoms with Crippen molar-refractivity contribution in [3.05, 3.63) is 24.4 Å². The number of hydrogen-bond donors (Lipinski definition) is 4. The number of nitrogens with one attached hydrogen (secondary N) is 3. The molecule has 7 nitrogen and oxygen atoms in total. The SMILES string of the molecule is C=C1N=C(NC(=O)CCN)c2[nH]cnc2N1. The number of rotatable bonds is 2. The fraction of sp³-hybridized carbons (Fsp3) is 0.222. The maximum Gasteiger partial charge on any atom is 0.226 e. The summed E-state index contributed by atoms with van der Waals surface area (Å²) in [6.07, 6.45) is 1.77. The Hall–Kier alpha value is -2.15. The number of imidazole rings is 1. The summed E-state index contributed by atoms with van der Waals surface area (Å²) >= 11 is 0. The topological polar surface area (TPSA) is 108 Å². The van der Waals surface area contributed by atoms with Gasteiger partial charge in [0.15, 0.2) is 11.7 Å². The van der Waals surface area contributed by atoms with Crippen LogP contribution >= 0.6 is 0 Å². The molecule has 16 heavy (non-hydrogen) atoms. The molecular formula is C9H12N6O. The van der Waals surface area contributed by atoms with Crippen LogP contribution in [-0.4, -0.2) is 28.3 Å². The Labute approximate surface area is 91.9 Å². The molecule has 2 rings (SSSR count). The van der Waals surface area contributed by atoms with E-state index in [1.807, 2.05) is 0 Å². The van der Waals surface area contributed by atoms with Gasteiger partial charge in [-0.15, -0.1) is 0 Å². The molecule has 1 aromatic rings. The maximum atomic E-state index is 11.4. The number of nitrogens with zero attached hydrogens (tertiary/aromatic N) is 2. The van der Waals surface area contributed by atoms with Crippen molar-refractivity contribution in [1.82, 2.24) is 15.3 Å². The molecule has 0 aromatic carbocycles. The molecule has 0 bridgehead atoms. The summed E-state index contributed by atoms with van der Waals surface area (Å²) in [5, 5.41) is 5.53. The number of amidine groups is 1. The second-order valence-corrected chi connectivity index (χ2v) is 3.25. The number of nitrogens with two attached hydrogens (primary N) is 1. The molecule has 0 unspecified atom stereocenters. The fourth-order valence-corrected chi connectivity index (χ4v) is 1.34. The number of carbonyl (C=O) groups is 1. The van der Waals surface area contributed by atoms with Gasteiger partial charge in [0.25, 0.3) is 0 Å². The quantitative estimate of drug-likeness (QED) is 0.539. The van der Waals surface area contributed by atoms with Crippen molar-refractivity contribution in [3.63, 3.8) is 0 Å². The number of carbonyl (C=O) groups excluding carboxylic acids is 1. The largest absolute Gasteiger partial charge is 0.340 e. The van der Waals surface area contributed by atoms with Crippen molar-refractivity contribution in [3.8, 4) is 0 Å². The van der Waals surface area contributed by atoms with E-state index in [9.17, 15) is 4.79 Å². The Morgan fingerprint density at radius 2 is 2.44 bits per heavy atom. The standard InChI is InChI=1S/C9H12N6O/c1-5-13-8-7(11-4-12-8)9(14-5)15-6(16)2-3-10/h4,13H,1-3,10H2,(H,11,12)(H,14,15,16). The number of fused-ring (bicyclic) bond motifs is 1. The average Bonchev–Trinajstić information content (AvgIpc) is 2.65. The third-order valence-corrected chi connectivity index (χ3v) is 2.01. The number of amides is 1. The molecule has 0 fully saturated rings. The van der Waals surface area contributed by atoms with Crippen LogP contribution in [0, 0.1) is 0 Å². The van der Waals surface area contributed by atoms with Gasteiger partial charge in [-0.2, -0.15) is 0 Å². The van der Waals surface area contributed by atoms with Gasteiger partial charge >= 0.3 is 0 Å². The number of anilines is 1. The molecule has 0 aliphatic carbocycles. The van der Waals surface area contributed by atoms with Crippen LogP contribution in [0.5, 0.6) is 0 Å². The minimum atomic E-state index is -0.184. The van der Waals surface area contributed by atoms with Crippen molar-refractivity contribution in [2.45, 2.75) is 6.42 Å². The minimum Gasteiger partial charge on any atom is -0.340 e. The minimum absolute atomic E-state index is 0.184. The monoisotopic (exact) mass is 220 g/mol. The smallest absolute Gasteiger partial charge is 0.226 e. The summed E-state index contributed by atoms with van der Waals surface area (Å²) < 4.78 is 0. The molecule has 1 aliphatic rings. The molecule has 1 aromatic heterocycles. The van der Waals surface area contributed by atoms with Crippen molar-refractivity contribution in [2.24, 2.45) is 10.7 Å². The van der Waals surface area contributed by atoms with E-state index >= 15 is 0 Å². The summed E-state index contributed by atoms with van der Waals surface area (Å²) in [4.78, 5) is 22.4. The lowest BCUT2D eigenvalue weighted by atomic mass is 10.3. The van der Waals surface area contributed by atoms with E-state index in [0.717, 1.165) is 0 Å². The third-order valence-electron chi connectivity index (χ3n) is 2.01. The summed E-state index contributed by atoms with van der Waals surface area (Å²) in [5.74, 6) is 1.26. The van der Waals surface area contributed by atoms with Crippen LogP contribution in [0.2, 0.25) is 0 Å². The predicted octanol–water partition coefficient (Wildman–Crippen LogP) is -0.482. The number of hydrogen-bond acceptors (Lipinski definition) is 5. The van der Waals surface area contributed by atoms with Crippen LogP contribution in [0.3, 0.4) is 0 Å². The second kappa shape index (κ2) is 4.15. The van der Waals surface area contributed by atoms with Gasteiger partial charge in [0.05, 0.1) is 6.33 Å². The molecule has 1 amide bonds. The Balaban J connectivity index is 2.20. The zero-order chi connectivity index (χ0) is 11.5.